The van der Waals surface area contributed by atoms with Gasteiger partial charge >= 0.3 is 6.80 Å². The van der Waals surface area contributed by atoms with Gasteiger partial charge in [-0.25, -0.2) is 17.3 Å². The molecule has 1 aliphatic rings. The van der Waals surface area contributed by atoms with Crippen molar-refractivity contribution >= 4 is 53.1 Å². The SMILES string of the molecule is B[C@H]1CC(OP(=O)(O)SCCN(C)S(=O)(=O)c2ccc(/N=N/c3ccc(N(C)C)cc3)cc2)[C@@H](COC)O1. The van der Waals surface area contributed by atoms with Crippen molar-refractivity contribution in [2.24, 2.45) is 10.2 Å². The van der Waals surface area contributed by atoms with E-state index in [1.165, 1.54) is 26.3 Å². The summed E-state index contributed by atoms with van der Waals surface area (Å²) in [6.07, 6.45) is -0.515. The minimum absolute atomic E-state index is 0.0182. The van der Waals surface area contributed by atoms with Crippen LogP contribution in [0.2, 0.25) is 0 Å². The van der Waals surface area contributed by atoms with E-state index in [-0.39, 0.29) is 29.8 Å². The summed E-state index contributed by atoms with van der Waals surface area (Å²) in [5.41, 5.74) is 2.23. The number of nitrogens with zero attached hydrogens (tertiary/aromatic N) is 4. The van der Waals surface area contributed by atoms with E-state index in [1.54, 1.807) is 12.1 Å². The molecular weight excluding hydrogens is 550 g/mol. The van der Waals surface area contributed by atoms with Gasteiger partial charge in [-0.1, -0.05) is 0 Å². The highest BCUT2D eigenvalue weighted by Crippen LogP contribution is 2.57. The molecule has 2 unspecified atom stereocenters. The normalized spacial score (nSPS) is 21.7. The number of hydrogen-bond donors (Lipinski definition) is 1. The Labute approximate surface area is 229 Å². The zero-order chi connectivity index (χ0) is 27.9. The van der Waals surface area contributed by atoms with Gasteiger partial charge in [-0.05, 0) is 66.3 Å². The van der Waals surface area contributed by atoms with Crippen LogP contribution in [0.5, 0.6) is 0 Å². The maximum Gasteiger partial charge on any atom is 0.386 e. The molecule has 0 bridgehead atoms. The van der Waals surface area contributed by atoms with E-state index in [4.69, 9.17) is 14.0 Å². The van der Waals surface area contributed by atoms with Crippen LogP contribution in [0.1, 0.15) is 6.42 Å². The van der Waals surface area contributed by atoms with Crippen molar-refractivity contribution in [1.82, 2.24) is 4.31 Å². The van der Waals surface area contributed by atoms with Crippen LogP contribution < -0.4 is 4.90 Å². The topological polar surface area (TPSA) is 130 Å². The van der Waals surface area contributed by atoms with Crippen LogP contribution in [0, 0.1) is 0 Å². The van der Waals surface area contributed by atoms with Crippen molar-refractivity contribution in [2.75, 3.05) is 52.1 Å². The van der Waals surface area contributed by atoms with Crippen molar-refractivity contribution in [3.05, 3.63) is 48.5 Å². The molecule has 1 fully saturated rings. The average molecular weight is 584 g/mol. The predicted molar refractivity (Wildman–Crippen MR) is 152 cm³/mol. The van der Waals surface area contributed by atoms with Crippen LogP contribution in [-0.4, -0.2) is 90.8 Å². The van der Waals surface area contributed by atoms with Crippen LogP contribution in [-0.2, 0) is 28.6 Å². The number of benzene rings is 2. The highest BCUT2D eigenvalue weighted by atomic mass is 32.7. The third kappa shape index (κ3) is 8.62. The number of anilines is 1. The van der Waals surface area contributed by atoms with E-state index in [9.17, 15) is 17.9 Å². The molecule has 11 nitrogen and oxygen atoms in total. The van der Waals surface area contributed by atoms with Gasteiger partial charge in [-0.3, -0.25) is 4.52 Å². The second-order valence-electron chi connectivity index (χ2n) is 9.05. The van der Waals surface area contributed by atoms with Gasteiger partial charge in [0.1, 0.15) is 14.0 Å². The van der Waals surface area contributed by atoms with E-state index in [0.717, 1.165) is 9.99 Å². The Hall–Kier alpha value is -1.77. The van der Waals surface area contributed by atoms with E-state index in [1.807, 2.05) is 51.1 Å². The van der Waals surface area contributed by atoms with E-state index < -0.39 is 29.0 Å². The lowest BCUT2D eigenvalue weighted by atomic mass is 9.96. The molecule has 0 saturated carbocycles. The second-order valence-corrected chi connectivity index (χ2v) is 15.1. The van der Waals surface area contributed by atoms with Crippen molar-refractivity contribution in [3.8, 4) is 0 Å². The molecule has 2 aromatic rings. The molecule has 1 heterocycles. The summed E-state index contributed by atoms with van der Waals surface area (Å²) in [4.78, 5) is 12.4. The molecule has 0 spiro atoms. The van der Waals surface area contributed by atoms with Crippen LogP contribution >= 0.6 is 18.2 Å². The van der Waals surface area contributed by atoms with Gasteiger partial charge in [0.05, 0.1) is 29.0 Å². The minimum atomic E-state index is -4.02. The molecule has 1 N–H and O–H groups in total. The summed E-state index contributed by atoms with van der Waals surface area (Å²) in [6.45, 7) is -3.75. The molecule has 3 rings (SSSR count). The van der Waals surface area contributed by atoms with Crippen molar-refractivity contribution < 1.29 is 31.9 Å². The van der Waals surface area contributed by atoms with Gasteiger partial charge in [-0.15, -0.1) is 0 Å². The van der Waals surface area contributed by atoms with E-state index in [2.05, 4.69) is 10.2 Å². The van der Waals surface area contributed by atoms with Crippen LogP contribution in [0.15, 0.2) is 63.7 Å². The zero-order valence-corrected chi connectivity index (χ0v) is 24.7. The molecule has 38 heavy (non-hydrogen) atoms. The lowest BCUT2D eigenvalue weighted by molar-refractivity contribution is -0.0114. The summed E-state index contributed by atoms with van der Waals surface area (Å²) in [5, 5.41) is 8.36. The Morgan fingerprint density at radius 2 is 1.68 bits per heavy atom. The van der Waals surface area contributed by atoms with Gasteiger partial charge in [0.25, 0.3) is 0 Å². The molecule has 15 heteroatoms. The number of azo groups is 1. The Morgan fingerprint density at radius 3 is 2.24 bits per heavy atom. The van der Waals surface area contributed by atoms with Crippen LogP contribution in [0.4, 0.5) is 17.1 Å². The summed E-state index contributed by atoms with van der Waals surface area (Å²) in [5.74, 6) is 0.0699. The third-order valence-corrected chi connectivity index (χ3v) is 10.7. The fourth-order valence-corrected chi connectivity index (χ4v) is 7.70. The van der Waals surface area contributed by atoms with Gasteiger partial charge in [0, 0.05) is 52.2 Å². The standard InChI is InChI=1S/C23H34BN4O7PS2/c1-27(2)19-9-5-17(6-10-19)25-26-18-7-11-20(12-8-18)38(31,32)28(3)13-14-37-36(29,30)35-21-15-23(24)34-22(21)16-33-4/h5-12,21-23H,13-16,24H2,1-4H3,(H,29,30)/b26-25+/t21?,22-,23-/m1/s1. The monoisotopic (exact) mass is 584 g/mol. The summed E-state index contributed by atoms with van der Waals surface area (Å²) in [6, 6.07) is 13.5. The van der Waals surface area contributed by atoms with Crippen LogP contribution in [0.25, 0.3) is 0 Å². The largest absolute Gasteiger partial charge is 0.386 e. The van der Waals surface area contributed by atoms with Crippen LogP contribution in [0.3, 0.4) is 0 Å². The maximum atomic E-state index is 13.0. The predicted octanol–water partition coefficient (Wildman–Crippen LogP) is 3.40. The van der Waals surface area contributed by atoms with Crippen molar-refractivity contribution in [3.63, 3.8) is 0 Å². The fraction of sp³-hybridized carbons (Fsp3) is 0.478. The maximum absolute atomic E-state index is 13.0. The first-order valence-corrected chi connectivity index (χ1v) is 16.6. The number of methoxy groups -OCH3 is 1. The quantitative estimate of drug-likeness (QED) is 0.214. The minimum Gasteiger partial charge on any atom is -0.382 e. The molecule has 2 aromatic carbocycles. The Balaban J connectivity index is 1.53. The van der Waals surface area contributed by atoms with Gasteiger partial charge in [0.2, 0.25) is 10.0 Å². The first kappa shape index (κ1) is 30.8. The molecule has 208 valence electrons. The lowest BCUT2D eigenvalue weighted by Crippen LogP contribution is -2.29. The number of sulfonamides is 1. The third-order valence-electron chi connectivity index (χ3n) is 5.84. The first-order valence-electron chi connectivity index (χ1n) is 12.0. The summed E-state index contributed by atoms with van der Waals surface area (Å²) >= 11 is 0.692. The molecular formula is C23H34BN4O7PS2. The summed E-state index contributed by atoms with van der Waals surface area (Å²) < 4.78 is 55.8. The molecule has 0 amide bonds. The molecule has 0 aliphatic carbocycles. The smallest absolute Gasteiger partial charge is 0.382 e. The molecule has 0 aromatic heterocycles. The molecule has 1 saturated heterocycles. The Bertz CT molecular complexity index is 1230. The number of ether oxygens (including phenoxy) is 2. The highest BCUT2D eigenvalue weighted by Gasteiger charge is 2.38. The van der Waals surface area contributed by atoms with Crippen molar-refractivity contribution in [1.29, 1.82) is 0 Å². The van der Waals surface area contributed by atoms with Crippen molar-refractivity contribution in [2.45, 2.75) is 29.5 Å². The first-order chi connectivity index (χ1) is 17.9. The number of rotatable bonds is 13. The molecule has 0 radical (unpaired) electrons. The molecule has 1 aliphatic heterocycles. The number of hydrogen-bond acceptors (Lipinski definition) is 10. The second kappa shape index (κ2) is 13.5. The highest BCUT2D eigenvalue weighted by molar-refractivity contribution is 8.54. The lowest BCUT2D eigenvalue weighted by Gasteiger charge is -2.22. The van der Waals surface area contributed by atoms with Gasteiger partial charge in [-0.2, -0.15) is 10.2 Å². The zero-order valence-electron chi connectivity index (χ0n) is 22.1. The van der Waals surface area contributed by atoms with E-state index >= 15 is 0 Å². The summed E-state index contributed by atoms with van der Waals surface area (Å²) in [7, 11) is 4.91. The van der Waals surface area contributed by atoms with Gasteiger partial charge < -0.3 is 19.3 Å². The van der Waals surface area contributed by atoms with E-state index in [0.29, 0.717) is 29.2 Å². The van der Waals surface area contributed by atoms with Gasteiger partial charge in [0.15, 0.2) is 0 Å². The Kier molecular flexibility index (Phi) is 11.0. The molecule has 4 atom stereocenters. The average Bonchev–Trinajstić information content (AvgIpc) is 3.20. The fourth-order valence-electron chi connectivity index (χ4n) is 3.75. The Morgan fingerprint density at radius 1 is 1.11 bits per heavy atom.